The number of hydrogen-bond acceptors (Lipinski definition) is 24. The number of aromatic nitrogens is 4. The number of para-hydroxylation sites is 2. The number of hydrogen-bond donors (Lipinski definition) is 20. The highest BCUT2D eigenvalue weighted by Gasteiger charge is 2.47. The number of aromatic hydroxyl groups is 1. The van der Waals surface area contributed by atoms with E-state index in [4.69, 9.17) is 22.9 Å². The van der Waals surface area contributed by atoms with E-state index in [0.29, 0.717) is 51.3 Å². The summed E-state index contributed by atoms with van der Waals surface area (Å²) < 4.78 is 0. The first-order chi connectivity index (χ1) is 63.3. The summed E-state index contributed by atoms with van der Waals surface area (Å²) in [6.45, 7) is 4.30. The van der Waals surface area contributed by atoms with Crippen LogP contribution < -0.4 is 76.1 Å². The van der Waals surface area contributed by atoms with Crippen molar-refractivity contribution in [3.8, 4) is 5.75 Å². The number of aliphatic hydroxyl groups is 1. The average Bonchev–Trinajstić information content (AvgIpc) is 1.68. The molecule has 3 aliphatic heterocycles. The number of phenolic OH excluding ortho intramolecular Hbond substituents is 1. The number of primary amides is 2. The van der Waals surface area contributed by atoms with Crippen molar-refractivity contribution >= 4 is 140 Å². The Hall–Kier alpha value is -13.6. The van der Waals surface area contributed by atoms with Crippen molar-refractivity contribution in [2.24, 2.45) is 28.9 Å². The van der Waals surface area contributed by atoms with Crippen LogP contribution in [-0.4, -0.2) is 322 Å². The Bertz CT molecular complexity index is 5190. The molecule has 0 aliphatic carbocycles. The van der Waals surface area contributed by atoms with Crippen molar-refractivity contribution in [1.82, 2.24) is 97.6 Å². The smallest absolute Gasteiger partial charge is 0.303 e. The summed E-state index contributed by atoms with van der Waals surface area (Å²) in [6, 6.07) is -2.83. The fourth-order valence-electron chi connectivity index (χ4n) is 16.3. The van der Waals surface area contributed by atoms with Crippen LogP contribution in [0.4, 0.5) is 0 Å². The maximum absolute atomic E-state index is 15.8. The van der Waals surface area contributed by atoms with Crippen molar-refractivity contribution in [3.05, 3.63) is 120 Å². The highest BCUT2D eigenvalue weighted by Crippen LogP contribution is 2.28. The summed E-state index contributed by atoms with van der Waals surface area (Å²) in [7, 11) is 3.87. The summed E-state index contributed by atoms with van der Waals surface area (Å²) in [5, 5.41) is 59.0. The fourth-order valence-corrected chi connectivity index (χ4v) is 17.1. The standard InChI is InChI=1S/C88H121N23O21S/c1-8-9-19-67-81(125)105-65(37-90)80(124)106-66(76(120)96-41-72(92)115)43-133-44-73(116)98-62(31-48-21-23-52(112)24-22-48)84(128)107(5)47(4)75(119)103-64(36-71(91)114)87(131)110-29-14-20-68(110)82(126)102-61(34-51-40-93-45-97-51)79(123)100-59(25-26-74(117)118)86(130)111-42-53(113)35-69(111)83(127)101-60(32-49-38-94-56-17-12-10-15-54(49)56)78(122)99-58(27-28-89)77(121)104-63(33-50-39-95-57-18-13-11-16-55(50)57)85(129)109(7)70(30-46(2)3)88(132)108(67)6/h10-13,15-18,21-24,38-40,45-47,53,58-70,94-95,112-113H,8-9,14,19-20,25-37,41-44,89-90H2,1-7H3,(H2,91,114)(H2,92,115)(H,93,97)(H,96,120)(H,98,116)(H,99,122)(H,100,123)(H,101,127)(H,102,126)(H,103,119)(H,104,121)(H,105,125)(H,106,124)(H,117,118)/t47-,53+,58-,59-,60-,61-,62-,63-,64-,65-,66-,67-,68-,69-,70-/m0/s1. The third-order valence-corrected chi connectivity index (χ3v) is 24.7. The fraction of sp³-hybridized carbons (Fsp3) is 0.511. The monoisotopic (exact) mass is 1870 g/mol. The maximum atomic E-state index is 15.8. The van der Waals surface area contributed by atoms with Crippen LogP contribution in [0.3, 0.4) is 0 Å². The first kappa shape index (κ1) is 103. The minimum atomic E-state index is -1.84. The van der Waals surface area contributed by atoms with E-state index < -0.39 is 260 Å². The van der Waals surface area contributed by atoms with Crippen molar-refractivity contribution in [1.29, 1.82) is 0 Å². The molecule has 45 heteroatoms. The number of thioether (sulfide) groups is 1. The second-order valence-electron chi connectivity index (χ2n) is 33.9. The first-order valence-electron chi connectivity index (χ1n) is 44.0. The Kier molecular flexibility index (Phi) is 37.7. The van der Waals surface area contributed by atoms with Gasteiger partial charge < -0.3 is 131 Å². The molecule has 17 amide bonds. The summed E-state index contributed by atoms with van der Waals surface area (Å²) in [5.41, 5.74) is 26.3. The molecule has 0 radical (unpaired) electrons. The Morgan fingerprint density at radius 3 is 1.71 bits per heavy atom. The normalized spacial score (nSPS) is 25.0. The number of aromatic amines is 3. The number of likely N-dealkylation sites (N-methyl/N-ethyl adjacent to an activating group) is 3. The second-order valence-corrected chi connectivity index (χ2v) is 34.9. The number of unbranched alkanes of at least 4 members (excludes halogenated alkanes) is 1. The molecule has 6 aromatic rings. The van der Waals surface area contributed by atoms with Gasteiger partial charge in [-0.25, -0.2) is 4.98 Å². The van der Waals surface area contributed by atoms with Crippen molar-refractivity contribution in [3.63, 3.8) is 0 Å². The highest BCUT2D eigenvalue weighted by molar-refractivity contribution is 8.00. The third kappa shape index (κ3) is 28.2. The average molecular weight is 1870 g/mol. The predicted molar refractivity (Wildman–Crippen MR) is 484 cm³/mol. The molecule has 15 atom stereocenters. The number of carbonyl (C=O) groups is 18. The molecule has 720 valence electrons. The summed E-state index contributed by atoms with van der Waals surface area (Å²) >= 11 is 0.748. The zero-order chi connectivity index (χ0) is 97.2. The highest BCUT2D eigenvalue weighted by atomic mass is 32.2. The molecule has 9 rings (SSSR count). The van der Waals surface area contributed by atoms with Gasteiger partial charge in [0.2, 0.25) is 100 Å². The van der Waals surface area contributed by atoms with E-state index in [0.717, 1.165) is 36.3 Å². The van der Waals surface area contributed by atoms with Gasteiger partial charge in [0.1, 0.15) is 90.3 Å². The molecule has 0 unspecified atom stereocenters. The molecule has 0 spiro atoms. The predicted octanol–water partition coefficient (Wildman–Crippen LogP) is -4.20. The number of phenols is 1. The van der Waals surface area contributed by atoms with E-state index in [1.54, 1.807) is 74.8 Å². The Morgan fingerprint density at radius 2 is 1.11 bits per heavy atom. The molecule has 3 fully saturated rings. The number of carboxylic acids is 1. The van der Waals surface area contributed by atoms with Gasteiger partial charge in [-0.3, -0.25) is 86.3 Å². The van der Waals surface area contributed by atoms with E-state index in [1.165, 1.54) is 64.9 Å². The molecular weight excluding hydrogens is 1750 g/mol. The van der Waals surface area contributed by atoms with Gasteiger partial charge in [-0.2, -0.15) is 0 Å². The number of imidazole rings is 1. The number of rotatable bonds is 24. The van der Waals surface area contributed by atoms with E-state index in [1.807, 2.05) is 6.92 Å². The lowest BCUT2D eigenvalue weighted by molar-refractivity contribution is -0.149. The molecular formula is C88H121N23O21S. The van der Waals surface area contributed by atoms with Crippen molar-refractivity contribution in [2.75, 3.05) is 65.4 Å². The largest absolute Gasteiger partial charge is 0.508 e. The van der Waals surface area contributed by atoms with Gasteiger partial charge in [0.15, 0.2) is 0 Å². The molecule has 44 nitrogen and oxygen atoms in total. The number of carbonyl (C=O) groups excluding carboxylic acids is 17. The molecule has 24 N–H and O–H groups in total. The molecule has 3 aromatic carbocycles. The van der Waals surface area contributed by atoms with Crippen LogP contribution in [0.1, 0.15) is 121 Å². The van der Waals surface area contributed by atoms with Crippen LogP contribution in [0, 0.1) is 5.92 Å². The molecule has 3 aromatic heterocycles. The van der Waals surface area contributed by atoms with Crippen LogP contribution in [0.2, 0.25) is 0 Å². The van der Waals surface area contributed by atoms with Gasteiger partial charge in [-0.05, 0) is 98.9 Å². The number of H-pyrrole nitrogens is 3. The summed E-state index contributed by atoms with van der Waals surface area (Å²) in [5.74, 6) is -19.6. The van der Waals surface area contributed by atoms with Crippen molar-refractivity contribution in [2.45, 2.75) is 215 Å². The maximum Gasteiger partial charge on any atom is 0.303 e. The molecule has 3 saturated heterocycles. The lowest BCUT2D eigenvalue weighted by Crippen LogP contribution is -2.62. The van der Waals surface area contributed by atoms with Gasteiger partial charge >= 0.3 is 5.97 Å². The van der Waals surface area contributed by atoms with Gasteiger partial charge in [0.05, 0.1) is 36.8 Å². The third-order valence-electron chi connectivity index (χ3n) is 23.6. The van der Waals surface area contributed by atoms with E-state index in [-0.39, 0.29) is 81.8 Å². The Balaban J connectivity index is 1.10. The van der Waals surface area contributed by atoms with Gasteiger partial charge in [0.25, 0.3) is 0 Å². The first-order valence-corrected chi connectivity index (χ1v) is 45.2. The molecule has 0 saturated carbocycles. The number of carboxylic acid groups (broad SMARTS) is 1. The van der Waals surface area contributed by atoms with Crippen LogP contribution in [0.5, 0.6) is 5.75 Å². The zero-order valence-electron chi connectivity index (χ0n) is 75.1. The van der Waals surface area contributed by atoms with Gasteiger partial charge in [-0.1, -0.05) is 82.1 Å². The van der Waals surface area contributed by atoms with Gasteiger partial charge in [-0.15, -0.1) is 11.8 Å². The number of nitrogens with zero attached hydrogens (tertiary/aromatic N) is 6. The summed E-state index contributed by atoms with van der Waals surface area (Å²) in [6.07, 6.45) is 0.900. The zero-order valence-corrected chi connectivity index (χ0v) is 75.9. The van der Waals surface area contributed by atoms with E-state index in [2.05, 4.69) is 73.1 Å². The van der Waals surface area contributed by atoms with Crippen LogP contribution in [-0.2, 0) is 112 Å². The number of aliphatic hydroxyl groups excluding tert-OH is 1. The van der Waals surface area contributed by atoms with E-state index >= 15 is 33.6 Å². The lowest BCUT2D eigenvalue weighted by Gasteiger charge is -2.37. The van der Waals surface area contributed by atoms with Crippen LogP contribution >= 0.6 is 11.8 Å². The molecule has 6 heterocycles. The number of aliphatic carboxylic acids is 1. The lowest BCUT2D eigenvalue weighted by atomic mass is 9.97. The number of nitrogens with two attached hydrogens (primary N) is 4. The van der Waals surface area contributed by atoms with Crippen LogP contribution in [0.15, 0.2) is 97.7 Å². The SMILES string of the molecule is CCCC[C@H]1C(=O)N[C@@H](CN)C(=O)N[C@H](C(=O)NCC(N)=O)CSCC(=O)N[C@@H](Cc2ccc(O)cc2)C(=O)N(C)[C@@H](C)C(=O)N[C@@H](CC(N)=O)C(=O)N2CCC[C@H]2C(=O)N[C@@H](Cc2c[nH]cn2)C(=O)N[C@@H](CCC(=O)O)C(=O)N2C[C@H](O)C[C@H]2C(=O)N[C@@H](Cc2c[nH]c3ccccc23)C(=O)N[C@@H](CCN)C(=O)N[C@@H](Cc2c[nH]c3ccccc23)C(=O)N(C)[C@@H](CC(C)C)C(=O)N1C. The topological polar surface area (TPSA) is 669 Å². The Labute approximate surface area is 770 Å². The minimum absolute atomic E-state index is 0.0179. The minimum Gasteiger partial charge on any atom is -0.508 e. The summed E-state index contributed by atoms with van der Waals surface area (Å²) in [4.78, 5) is 280. The molecule has 0 bridgehead atoms. The quantitative estimate of drug-likeness (QED) is 0.0273. The molecule has 133 heavy (non-hydrogen) atoms. The number of benzene rings is 3. The van der Waals surface area contributed by atoms with Crippen LogP contribution in [0.25, 0.3) is 21.8 Å². The number of nitrogens with one attached hydrogen (secondary N) is 13. The van der Waals surface area contributed by atoms with Gasteiger partial charge in [0, 0.05) is 125 Å². The Morgan fingerprint density at radius 1 is 0.564 bits per heavy atom. The number of amides is 17. The van der Waals surface area contributed by atoms with E-state index in [9.17, 15) is 68.1 Å². The number of fused-ring (bicyclic) bond motifs is 4. The molecule has 3 aliphatic rings. The second kappa shape index (κ2) is 48.5. The van der Waals surface area contributed by atoms with Crippen molar-refractivity contribution < 1.29 is 102 Å².